The highest BCUT2D eigenvalue weighted by molar-refractivity contribution is 7.80. The molecule has 1 amide bonds. The molecule has 8 heteroatoms. The van der Waals surface area contributed by atoms with Crippen LogP contribution in [0.4, 0.5) is 11.4 Å². The zero-order chi connectivity index (χ0) is 30.2. The third-order valence-corrected chi connectivity index (χ3v) is 8.21. The third-order valence-electron chi connectivity index (χ3n) is 7.89. The molecule has 0 saturated carbocycles. The number of aromatic nitrogens is 2. The second-order valence-corrected chi connectivity index (χ2v) is 12.1. The molecule has 5 rings (SSSR count). The average Bonchev–Trinajstić information content (AvgIpc) is 3.47. The summed E-state index contributed by atoms with van der Waals surface area (Å²) in [5.41, 5.74) is 7.79. The Hall–Kier alpha value is -4.17. The molecule has 218 valence electrons. The Balaban J connectivity index is 1.64. The van der Waals surface area contributed by atoms with Gasteiger partial charge in [-0.2, -0.15) is 0 Å². The second kappa shape index (κ2) is 11.6. The molecule has 0 unspecified atom stereocenters. The maximum Gasteiger partial charge on any atom is 0.229 e. The number of carbonyl (C=O) groups excluding carboxylic acids is 1. The van der Waals surface area contributed by atoms with Gasteiger partial charge in [0.2, 0.25) is 5.91 Å². The molecule has 0 radical (unpaired) electrons. The maximum absolute atomic E-state index is 12.7. The summed E-state index contributed by atoms with van der Waals surface area (Å²) in [7, 11) is 1.61. The molecule has 1 aliphatic heterocycles. The van der Waals surface area contributed by atoms with Gasteiger partial charge in [-0.25, -0.2) is 0 Å². The van der Waals surface area contributed by atoms with Crippen LogP contribution >= 0.6 is 12.2 Å². The van der Waals surface area contributed by atoms with Crippen LogP contribution in [0.25, 0.3) is 5.69 Å². The number of para-hydroxylation sites is 1. The summed E-state index contributed by atoms with van der Waals surface area (Å²) >= 11 is 5.99. The third kappa shape index (κ3) is 5.39. The van der Waals surface area contributed by atoms with Gasteiger partial charge in [-0.15, -0.1) is 0 Å². The molecular weight excluding hydrogens is 542 g/mol. The molecule has 2 N–H and O–H groups in total. The van der Waals surface area contributed by atoms with Gasteiger partial charge < -0.3 is 24.8 Å². The Morgan fingerprint density at radius 1 is 1.07 bits per heavy atom. The van der Waals surface area contributed by atoms with Gasteiger partial charge in [0.15, 0.2) is 5.11 Å². The Morgan fingerprint density at radius 2 is 1.81 bits per heavy atom. The van der Waals surface area contributed by atoms with E-state index >= 15 is 0 Å². The smallest absolute Gasteiger partial charge is 0.229 e. The van der Waals surface area contributed by atoms with Gasteiger partial charge in [-0.1, -0.05) is 52.0 Å². The van der Waals surface area contributed by atoms with E-state index in [0.29, 0.717) is 16.5 Å². The number of carbonyl (C=O) groups is 1. The lowest BCUT2D eigenvalue weighted by atomic mass is 9.95. The SMILES string of the molecule is CCc1ccccc1-n1c(C)cc([C@@H]2[C@H](c3ccccn3)NC(=S)N2c2ccc(NC(=O)C(C)(C)C)c(OC)c2)c1C. The summed E-state index contributed by atoms with van der Waals surface area (Å²) in [5, 5.41) is 7.18. The predicted molar refractivity (Wildman–Crippen MR) is 174 cm³/mol. The van der Waals surface area contributed by atoms with Gasteiger partial charge >= 0.3 is 0 Å². The van der Waals surface area contributed by atoms with E-state index in [1.54, 1.807) is 7.11 Å². The number of amides is 1. The second-order valence-electron chi connectivity index (χ2n) is 11.7. The lowest BCUT2D eigenvalue weighted by molar-refractivity contribution is -0.123. The van der Waals surface area contributed by atoms with Crippen LogP contribution in [-0.4, -0.2) is 27.7 Å². The molecule has 4 aromatic rings. The molecule has 42 heavy (non-hydrogen) atoms. The Bertz CT molecular complexity index is 1620. The molecule has 1 fully saturated rings. The van der Waals surface area contributed by atoms with Crippen molar-refractivity contribution in [3.8, 4) is 11.4 Å². The first kappa shape index (κ1) is 29.3. The summed E-state index contributed by atoms with van der Waals surface area (Å²) in [4.78, 5) is 19.6. The molecule has 0 spiro atoms. The predicted octanol–water partition coefficient (Wildman–Crippen LogP) is 7.22. The van der Waals surface area contributed by atoms with Crippen molar-refractivity contribution in [2.75, 3.05) is 17.3 Å². The summed E-state index contributed by atoms with van der Waals surface area (Å²) < 4.78 is 8.10. The van der Waals surface area contributed by atoms with Crippen molar-refractivity contribution in [2.45, 2.75) is 60.0 Å². The highest BCUT2D eigenvalue weighted by atomic mass is 32.1. The van der Waals surface area contributed by atoms with E-state index in [9.17, 15) is 4.79 Å². The fourth-order valence-corrected chi connectivity index (χ4v) is 6.02. The number of nitrogens with one attached hydrogen (secondary N) is 2. The largest absolute Gasteiger partial charge is 0.494 e. The van der Waals surface area contributed by atoms with Crippen LogP contribution in [-0.2, 0) is 11.2 Å². The number of methoxy groups -OCH3 is 1. The molecule has 3 heterocycles. The van der Waals surface area contributed by atoms with Crippen molar-refractivity contribution >= 4 is 34.6 Å². The first-order valence-electron chi connectivity index (χ1n) is 14.3. The number of pyridine rings is 1. The van der Waals surface area contributed by atoms with E-state index in [0.717, 1.165) is 34.8 Å². The molecule has 1 aliphatic rings. The first-order chi connectivity index (χ1) is 20.0. The van der Waals surface area contributed by atoms with Crippen LogP contribution in [0.2, 0.25) is 0 Å². The molecule has 1 saturated heterocycles. The van der Waals surface area contributed by atoms with Crippen molar-refractivity contribution in [1.29, 1.82) is 0 Å². The Kier molecular flexibility index (Phi) is 8.10. The van der Waals surface area contributed by atoms with Crippen molar-refractivity contribution < 1.29 is 9.53 Å². The van der Waals surface area contributed by atoms with Crippen molar-refractivity contribution in [3.63, 3.8) is 0 Å². The van der Waals surface area contributed by atoms with E-state index < -0.39 is 5.41 Å². The van der Waals surface area contributed by atoms with E-state index in [2.05, 4.69) is 71.2 Å². The minimum atomic E-state index is -0.538. The zero-order valence-corrected chi connectivity index (χ0v) is 26.2. The van der Waals surface area contributed by atoms with Gasteiger partial charge in [-0.05, 0) is 80.0 Å². The van der Waals surface area contributed by atoms with E-state index in [1.165, 1.54) is 11.3 Å². The number of ether oxygens (including phenoxy) is 1. The van der Waals surface area contributed by atoms with Gasteiger partial charge in [0.05, 0.1) is 30.6 Å². The van der Waals surface area contributed by atoms with Gasteiger partial charge in [0, 0.05) is 40.4 Å². The highest BCUT2D eigenvalue weighted by Gasteiger charge is 2.42. The number of thiocarbonyl (C=S) groups is 1. The number of nitrogens with zero attached hydrogens (tertiary/aromatic N) is 3. The maximum atomic E-state index is 12.7. The molecular formula is C34H39N5O2S. The summed E-state index contributed by atoms with van der Waals surface area (Å²) in [6, 6.07) is 22.2. The molecule has 0 aliphatic carbocycles. The average molecular weight is 582 g/mol. The van der Waals surface area contributed by atoms with Gasteiger partial charge in [0.25, 0.3) is 0 Å². The van der Waals surface area contributed by atoms with Crippen molar-refractivity contribution in [3.05, 3.63) is 101 Å². The summed E-state index contributed by atoms with van der Waals surface area (Å²) in [6.07, 6.45) is 2.76. The normalized spacial score (nSPS) is 16.8. The van der Waals surface area contributed by atoms with Crippen LogP contribution in [0.1, 0.15) is 68.0 Å². The number of hydrogen-bond acceptors (Lipinski definition) is 4. The van der Waals surface area contributed by atoms with Gasteiger partial charge in [-0.3, -0.25) is 9.78 Å². The summed E-state index contributed by atoms with van der Waals surface area (Å²) in [5.74, 6) is 0.482. The van der Waals surface area contributed by atoms with E-state index in [-0.39, 0.29) is 18.0 Å². The van der Waals surface area contributed by atoms with Gasteiger partial charge in [0.1, 0.15) is 5.75 Å². The molecule has 7 nitrogen and oxygen atoms in total. The van der Waals surface area contributed by atoms with Crippen LogP contribution in [0.15, 0.2) is 72.9 Å². The fourth-order valence-electron chi connectivity index (χ4n) is 5.68. The quantitative estimate of drug-likeness (QED) is 0.225. The highest BCUT2D eigenvalue weighted by Crippen LogP contribution is 2.45. The Labute approximate surface area is 253 Å². The number of hydrogen-bond donors (Lipinski definition) is 2. The van der Waals surface area contributed by atoms with Crippen LogP contribution < -0.4 is 20.3 Å². The fraction of sp³-hybridized carbons (Fsp3) is 0.324. The number of rotatable bonds is 7. The minimum Gasteiger partial charge on any atom is -0.494 e. The van der Waals surface area contributed by atoms with E-state index in [4.69, 9.17) is 21.9 Å². The minimum absolute atomic E-state index is 0.0835. The molecule has 2 atom stereocenters. The lowest BCUT2D eigenvalue weighted by Crippen LogP contribution is -2.30. The van der Waals surface area contributed by atoms with E-state index in [1.807, 2.05) is 63.4 Å². The van der Waals surface area contributed by atoms with Crippen molar-refractivity contribution in [1.82, 2.24) is 14.9 Å². The monoisotopic (exact) mass is 581 g/mol. The zero-order valence-electron chi connectivity index (χ0n) is 25.4. The van der Waals surface area contributed by atoms with Crippen LogP contribution in [0.5, 0.6) is 5.75 Å². The van der Waals surface area contributed by atoms with Crippen molar-refractivity contribution in [2.24, 2.45) is 5.41 Å². The van der Waals surface area contributed by atoms with Crippen LogP contribution in [0.3, 0.4) is 0 Å². The topological polar surface area (TPSA) is 71.4 Å². The molecule has 2 aromatic heterocycles. The number of benzene rings is 2. The molecule has 2 aromatic carbocycles. The molecule has 0 bridgehead atoms. The number of aryl methyl sites for hydroxylation is 2. The lowest BCUT2D eigenvalue weighted by Gasteiger charge is -2.29. The number of anilines is 2. The van der Waals surface area contributed by atoms with Crippen LogP contribution in [0, 0.1) is 19.3 Å². The Morgan fingerprint density at radius 3 is 2.48 bits per heavy atom. The summed E-state index contributed by atoms with van der Waals surface area (Å²) in [6.45, 7) is 12.2. The standard InChI is InChI=1S/C34H39N5O2S/c1-8-23-13-9-10-15-28(23)38-21(2)19-25(22(38)3)31-30(27-14-11-12-18-35-27)37-33(42)39(31)24-16-17-26(29(20-24)41-7)36-32(40)34(4,5)6/h9-20,30-31H,8H2,1-7H3,(H,36,40)(H,37,42)/t30-,31+/m0/s1. The first-order valence-corrected chi connectivity index (χ1v) is 14.7.